The molecule has 1 fully saturated rings. The van der Waals surface area contributed by atoms with Gasteiger partial charge in [0.1, 0.15) is 0 Å². The molecule has 0 aliphatic heterocycles. The molecule has 1 aliphatic carbocycles. The summed E-state index contributed by atoms with van der Waals surface area (Å²) in [5.74, 6) is -0.0326. The molecule has 2 aromatic carbocycles. The molecule has 2 aromatic rings. The van der Waals surface area contributed by atoms with Gasteiger partial charge in [-0.1, -0.05) is 54.1 Å². The summed E-state index contributed by atoms with van der Waals surface area (Å²) < 4.78 is 0. The summed E-state index contributed by atoms with van der Waals surface area (Å²) in [4.78, 5) is 14.9. The molecule has 3 unspecified atom stereocenters. The molecule has 0 saturated heterocycles. The van der Waals surface area contributed by atoms with Crippen LogP contribution in [0.5, 0.6) is 0 Å². The van der Waals surface area contributed by atoms with Crippen LogP contribution in [0.3, 0.4) is 0 Å². The van der Waals surface area contributed by atoms with Crippen LogP contribution in [-0.4, -0.2) is 36.0 Å². The summed E-state index contributed by atoms with van der Waals surface area (Å²) >= 11 is 5.90. The van der Waals surface area contributed by atoms with E-state index in [4.69, 9.17) is 11.6 Å². The fraction of sp³-hybridized carbons (Fsp3) is 0.375. The standard InChI is InChI=1S/C24H28ClNO2/c1-26(2)16-18-3-8-19(9-4-18)20-10-14-24(28)22(15-20)23(27)13-7-17-5-11-21(25)12-6-17/h3-9,11-13,20,22,24,28H,10,14-16H2,1-2H3. The second kappa shape index (κ2) is 9.51. The number of hydrogen-bond acceptors (Lipinski definition) is 3. The summed E-state index contributed by atoms with van der Waals surface area (Å²) in [5, 5.41) is 11.1. The molecular formula is C24H28ClNO2. The van der Waals surface area contributed by atoms with Crippen LogP contribution in [-0.2, 0) is 11.3 Å². The fourth-order valence-corrected chi connectivity index (χ4v) is 4.03. The molecule has 0 amide bonds. The van der Waals surface area contributed by atoms with Crippen molar-refractivity contribution < 1.29 is 9.90 Å². The van der Waals surface area contributed by atoms with E-state index in [0.717, 1.165) is 18.5 Å². The van der Waals surface area contributed by atoms with Gasteiger partial charge in [0.15, 0.2) is 5.78 Å². The lowest BCUT2D eigenvalue weighted by molar-refractivity contribution is -0.123. The lowest BCUT2D eigenvalue weighted by Gasteiger charge is -2.32. The largest absolute Gasteiger partial charge is 0.392 e. The predicted molar refractivity (Wildman–Crippen MR) is 115 cm³/mol. The van der Waals surface area contributed by atoms with Crippen molar-refractivity contribution in [2.45, 2.75) is 37.8 Å². The maximum Gasteiger partial charge on any atom is 0.161 e. The van der Waals surface area contributed by atoms with Crippen molar-refractivity contribution in [2.24, 2.45) is 5.92 Å². The van der Waals surface area contributed by atoms with Crippen molar-refractivity contribution in [2.75, 3.05) is 14.1 Å². The van der Waals surface area contributed by atoms with Crippen LogP contribution in [0.2, 0.25) is 5.02 Å². The summed E-state index contributed by atoms with van der Waals surface area (Å²) in [6.45, 7) is 0.917. The number of ketones is 1. The Labute approximate surface area is 172 Å². The Morgan fingerprint density at radius 1 is 1.11 bits per heavy atom. The summed E-state index contributed by atoms with van der Waals surface area (Å²) in [6, 6.07) is 16.0. The highest BCUT2D eigenvalue weighted by molar-refractivity contribution is 6.30. The Morgan fingerprint density at radius 3 is 2.43 bits per heavy atom. The van der Waals surface area contributed by atoms with Crippen molar-refractivity contribution >= 4 is 23.5 Å². The third-order valence-corrected chi connectivity index (χ3v) is 5.69. The first-order valence-electron chi connectivity index (χ1n) is 9.81. The first kappa shape index (κ1) is 20.8. The molecule has 0 heterocycles. The smallest absolute Gasteiger partial charge is 0.161 e. The van der Waals surface area contributed by atoms with Gasteiger partial charge in [-0.3, -0.25) is 4.79 Å². The van der Waals surface area contributed by atoms with E-state index in [2.05, 4.69) is 43.3 Å². The Hall–Kier alpha value is -1.94. The average Bonchev–Trinajstić information content (AvgIpc) is 2.68. The molecule has 3 atom stereocenters. The molecule has 1 N–H and O–H groups in total. The van der Waals surface area contributed by atoms with Crippen LogP contribution in [0.15, 0.2) is 54.6 Å². The van der Waals surface area contributed by atoms with Crippen molar-refractivity contribution in [3.8, 4) is 0 Å². The average molecular weight is 398 g/mol. The number of allylic oxidation sites excluding steroid dienone is 1. The number of rotatable bonds is 6. The van der Waals surface area contributed by atoms with Gasteiger partial charge in [0.2, 0.25) is 0 Å². The van der Waals surface area contributed by atoms with Gasteiger partial charge in [-0.05, 0) is 74.2 Å². The quantitative estimate of drug-likeness (QED) is 0.702. The highest BCUT2D eigenvalue weighted by Gasteiger charge is 2.33. The van der Waals surface area contributed by atoms with E-state index in [1.54, 1.807) is 24.3 Å². The molecule has 3 rings (SSSR count). The molecule has 0 bridgehead atoms. The van der Waals surface area contributed by atoms with E-state index >= 15 is 0 Å². The molecule has 1 aliphatic rings. The van der Waals surface area contributed by atoms with E-state index in [9.17, 15) is 9.90 Å². The predicted octanol–water partition coefficient (Wildman–Crippen LogP) is 4.93. The summed E-state index contributed by atoms with van der Waals surface area (Å²) in [7, 11) is 4.12. The number of nitrogens with zero attached hydrogens (tertiary/aromatic N) is 1. The second-order valence-electron chi connectivity index (χ2n) is 7.95. The van der Waals surface area contributed by atoms with Crippen LogP contribution in [0.1, 0.15) is 41.9 Å². The highest BCUT2D eigenvalue weighted by atomic mass is 35.5. The minimum absolute atomic E-state index is 0.00335. The van der Waals surface area contributed by atoms with Crippen molar-refractivity contribution in [3.63, 3.8) is 0 Å². The SMILES string of the molecule is CN(C)Cc1ccc(C2CCC(O)C(C(=O)C=Cc3ccc(Cl)cc3)C2)cc1. The molecule has 0 radical (unpaired) electrons. The second-order valence-corrected chi connectivity index (χ2v) is 8.39. The normalized spacial score (nSPS) is 22.7. The molecule has 1 saturated carbocycles. The maximum atomic E-state index is 12.7. The van der Waals surface area contributed by atoms with E-state index in [1.165, 1.54) is 11.1 Å². The van der Waals surface area contributed by atoms with Gasteiger partial charge in [0.05, 0.1) is 6.10 Å². The van der Waals surface area contributed by atoms with E-state index in [-0.39, 0.29) is 11.7 Å². The molecule has 28 heavy (non-hydrogen) atoms. The molecule has 148 valence electrons. The van der Waals surface area contributed by atoms with Crippen molar-refractivity contribution in [1.82, 2.24) is 4.90 Å². The number of aliphatic hydroxyl groups excluding tert-OH is 1. The number of carbonyl (C=O) groups is 1. The monoisotopic (exact) mass is 397 g/mol. The fourth-order valence-electron chi connectivity index (χ4n) is 3.90. The lowest BCUT2D eigenvalue weighted by Crippen LogP contribution is -2.33. The molecule has 0 spiro atoms. The van der Waals surface area contributed by atoms with Gasteiger partial charge in [-0.25, -0.2) is 0 Å². The van der Waals surface area contributed by atoms with Gasteiger partial charge in [-0.2, -0.15) is 0 Å². The third-order valence-electron chi connectivity index (χ3n) is 5.44. The van der Waals surface area contributed by atoms with Gasteiger partial charge >= 0.3 is 0 Å². The summed E-state index contributed by atoms with van der Waals surface area (Å²) in [5.41, 5.74) is 3.47. The first-order valence-corrected chi connectivity index (χ1v) is 10.2. The third kappa shape index (κ3) is 5.54. The number of carbonyl (C=O) groups excluding carboxylic acids is 1. The van der Waals surface area contributed by atoms with E-state index in [1.807, 2.05) is 12.1 Å². The maximum absolute atomic E-state index is 12.7. The van der Waals surface area contributed by atoms with Crippen LogP contribution in [0, 0.1) is 5.92 Å². The van der Waals surface area contributed by atoms with Crippen LogP contribution in [0.25, 0.3) is 6.08 Å². The van der Waals surface area contributed by atoms with Crippen molar-refractivity contribution in [3.05, 3.63) is 76.3 Å². The Balaban J connectivity index is 1.66. The number of benzene rings is 2. The molecule has 0 aromatic heterocycles. The van der Waals surface area contributed by atoms with Gasteiger partial charge < -0.3 is 10.0 Å². The number of aliphatic hydroxyl groups is 1. The number of halogens is 1. The first-order chi connectivity index (χ1) is 13.4. The van der Waals surface area contributed by atoms with Crippen LogP contribution >= 0.6 is 11.6 Å². The zero-order valence-electron chi connectivity index (χ0n) is 16.5. The van der Waals surface area contributed by atoms with Crippen LogP contribution < -0.4 is 0 Å². The molecule has 3 nitrogen and oxygen atoms in total. The molecule has 4 heteroatoms. The zero-order valence-corrected chi connectivity index (χ0v) is 17.3. The van der Waals surface area contributed by atoms with Gasteiger partial charge in [0.25, 0.3) is 0 Å². The zero-order chi connectivity index (χ0) is 20.1. The number of hydrogen-bond donors (Lipinski definition) is 1. The van der Waals surface area contributed by atoms with Gasteiger partial charge in [-0.15, -0.1) is 0 Å². The minimum atomic E-state index is -0.563. The van der Waals surface area contributed by atoms with Crippen LogP contribution in [0.4, 0.5) is 0 Å². The topological polar surface area (TPSA) is 40.5 Å². The minimum Gasteiger partial charge on any atom is -0.392 e. The van der Waals surface area contributed by atoms with Gasteiger partial charge in [0, 0.05) is 17.5 Å². The highest BCUT2D eigenvalue weighted by Crippen LogP contribution is 2.37. The summed E-state index contributed by atoms with van der Waals surface area (Å²) in [6.07, 6.45) is 5.10. The van der Waals surface area contributed by atoms with E-state index < -0.39 is 6.10 Å². The Morgan fingerprint density at radius 2 is 1.79 bits per heavy atom. The molecular weight excluding hydrogens is 370 g/mol. The van der Waals surface area contributed by atoms with E-state index in [0.29, 0.717) is 23.8 Å². The Kier molecular flexibility index (Phi) is 7.06. The van der Waals surface area contributed by atoms with Crippen molar-refractivity contribution in [1.29, 1.82) is 0 Å². The Bertz CT molecular complexity index is 812. The lowest BCUT2D eigenvalue weighted by atomic mass is 9.74.